The fourth-order valence-corrected chi connectivity index (χ4v) is 2.40. The molecular weight excluding hydrogens is 178 g/mol. The van der Waals surface area contributed by atoms with Crippen LogP contribution < -0.4 is 5.32 Å². The Balaban J connectivity index is 1.84. The lowest BCUT2D eigenvalue weighted by atomic mass is 10.00. The van der Waals surface area contributed by atoms with Gasteiger partial charge in [0.1, 0.15) is 0 Å². The molecule has 0 saturated heterocycles. The van der Waals surface area contributed by atoms with Crippen LogP contribution in [0.15, 0.2) is 0 Å². The number of hydrogen-bond acceptors (Lipinski definition) is 2. The van der Waals surface area contributed by atoms with Crippen LogP contribution in [-0.2, 0) is 4.79 Å². The van der Waals surface area contributed by atoms with Crippen molar-refractivity contribution in [2.24, 2.45) is 17.8 Å². The van der Waals surface area contributed by atoms with Gasteiger partial charge in [-0.3, -0.25) is 4.79 Å². The number of rotatable bonds is 3. The first-order valence-electron chi connectivity index (χ1n) is 5.45. The molecule has 0 bridgehead atoms. The van der Waals surface area contributed by atoms with Crippen molar-refractivity contribution in [3.63, 3.8) is 0 Å². The standard InChI is InChI=1S/C11H19NO2/c1-11(2,6-13)12-10(14)9-4-7-3-8(7)5-9/h7-9,13H,3-6H2,1-2H3,(H,12,14). The van der Waals surface area contributed by atoms with Crippen molar-refractivity contribution in [3.05, 3.63) is 0 Å². The van der Waals surface area contributed by atoms with E-state index in [4.69, 9.17) is 5.11 Å². The molecule has 0 heterocycles. The Hall–Kier alpha value is -0.570. The number of carbonyl (C=O) groups is 1. The molecule has 3 nitrogen and oxygen atoms in total. The minimum absolute atomic E-state index is 0.00167. The maximum atomic E-state index is 11.8. The van der Waals surface area contributed by atoms with Crippen molar-refractivity contribution in [2.75, 3.05) is 6.61 Å². The third kappa shape index (κ3) is 1.92. The molecule has 3 heteroatoms. The Kier molecular flexibility index (Phi) is 2.30. The van der Waals surface area contributed by atoms with Gasteiger partial charge in [-0.1, -0.05) is 0 Å². The first-order valence-corrected chi connectivity index (χ1v) is 5.45. The maximum absolute atomic E-state index is 11.8. The Labute approximate surface area is 84.9 Å². The molecule has 0 aromatic carbocycles. The third-order valence-electron chi connectivity index (χ3n) is 3.47. The molecule has 2 atom stereocenters. The lowest BCUT2D eigenvalue weighted by Crippen LogP contribution is -2.48. The molecule has 2 fully saturated rings. The van der Waals surface area contributed by atoms with Gasteiger partial charge in [0.25, 0.3) is 0 Å². The van der Waals surface area contributed by atoms with Gasteiger partial charge in [-0.15, -0.1) is 0 Å². The quantitative estimate of drug-likeness (QED) is 0.707. The average Bonchev–Trinajstić information content (AvgIpc) is 2.73. The van der Waals surface area contributed by atoms with Gasteiger partial charge in [0.05, 0.1) is 12.1 Å². The van der Waals surface area contributed by atoms with Crippen LogP contribution >= 0.6 is 0 Å². The van der Waals surface area contributed by atoms with Crippen molar-refractivity contribution in [3.8, 4) is 0 Å². The maximum Gasteiger partial charge on any atom is 0.223 e. The summed E-state index contributed by atoms with van der Waals surface area (Å²) >= 11 is 0. The number of carbonyl (C=O) groups excluding carboxylic acids is 1. The topological polar surface area (TPSA) is 49.3 Å². The molecular formula is C11H19NO2. The predicted octanol–water partition coefficient (Wildman–Crippen LogP) is 0.920. The van der Waals surface area contributed by atoms with E-state index in [2.05, 4.69) is 5.32 Å². The zero-order chi connectivity index (χ0) is 10.3. The van der Waals surface area contributed by atoms with Gasteiger partial charge in [-0.2, -0.15) is 0 Å². The van der Waals surface area contributed by atoms with Gasteiger partial charge in [0.15, 0.2) is 0 Å². The highest BCUT2D eigenvalue weighted by Crippen LogP contribution is 2.54. The van der Waals surface area contributed by atoms with Crippen molar-refractivity contribution in [1.82, 2.24) is 5.32 Å². The van der Waals surface area contributed by atoms with Crippen molar-refractivity contribution in [1.29, 1.82) is 0 Å². The molecule has 2 aliphatic rings. The molecule has 0 radical (unpaired) electrons. The van der Waals surface area contributed by atoms with E-state index < -0.39 is 5.54 Å². The first kappa shape index (κ1) is 9.97. The molecule has 2 rings (SSSR count). The number of amides is 1. The van der Waals surface area contributed by atoms with Gasteiger partial charge < -0.3 is 10.4 Å². The summed E-state index contributed by atoms with van der Waals surface area (Å²) in [5, 5.41) is 11.9. The highest BCUT2D eigenvalue weighted by molar-refractivity contribution is 5.80. The number of aliphatic hydroxyl groups excluding tert-OH is 1. The van der Waals surface area contributed by atoms with Crippen LogP contribution in [0.25, 0.3) is 0 Å². The van der Waals surface area contributed by atoms with E-state index in [0.29, 0.717) is 0 Å². The van der Waals surface area contributed by atoms with E-state index in [-0.39, 0.29) is 18.4 Å². The predicted molar refractivity (Wildman–Crippen MR) is 53.6 cm³/mol. The van der Waals surface area contributed by atoms with E-state index in [1.54, 1.807) is 0 Å². The van der Waals surface area contributed by atoms with Gasteiger partial charge in [-0.25, -0.2) is 0 Å². The number of nitrogens with one attached hydrogen (secondary N) is 1. The van der Waals surface area contributed by atoms with Gasteiger partial charge in [0.2, 0.25) is 5.91 Å². The van der Waals surface area contributed by atoms with Crippen molar-refractivity contribution >= 4 is 5.91 Å². The Morgan fingerprint density at radius 3 is 2.43 bits per heavy atom. The van der Waals surface area contributed by atoms with Crippen LogP contribution in [0.5, 0.6) is 0 Å². The van der Waals surface area contributed by atoms with E-state index in [0.717, 1.165) is 24.7 Å². The van der Waals surface area contributed by atoms with Crippen LogP contribution in [-0.4, -0.2) is 23.2 Å². The highest BCUT2D eigenvalue weighted by atomic mass is 16.3. The summed E-state index contributed by atoms with van der Waals surface area (Å²) in [4.78, 5) is 11.8. The summed E-state index contributed by atoms with van der Waals surface area (Å²) in [6.07, 6.45) is 3.48. The molecule has 0 aromatic rings. The summed E-state index contributed by atoms with van der Waals surface area (Å²) in [5.74, 6) is 2.02. The van der Waals surface area contributed by atoms with E-state index in [9.17, 15) is 4.79 Å². The van der Waals surface area contributed by atoms with E-state index in [1.807, 2.05) is 13.8 Å². The number of fused-ring (bicyclic) bond motifs is 1. The summed E-state index contributed by atoms with van der Waals surface area (Å²) in [6.45, 7) is 3.69. The monoisotopic (exact) mass is 197 g/mol. The van der Waals surface area contributed by atoms with Crippen LogP contribution in [0.1, 0.15) is 33.1 Å². The van der Waals surface area contributed by atoms with Gasteiger partial charge in [-0.05, 0) is 44.9 Å². The molecule has 14 heavy (non-hydrogen) atoms. The largest absolute Gasteiger partial charge is 0.394 e. The molecule has 0 aliphatic heterocycles. The number of hydrogen-bond donors (Lipinski definition) is 2. The third-order valence-corrected chi connectivity index (χ3v) is 3.47. The SMILES string of the molecule is CC(C)(CO)NC(=O)C1CC2CC2C1. The molecule has 1 amide bonds. The van der Waals surface area contributed by atoms with Crippen molar-refractivity contribution < 1.29 is 9.90 Å². The normalized spacial score (nSPS) is 35.2. The molecule has 80 valence electrons. The summed E-state index contributed by atoms with van der Waals surface area (Å²) in [7, 11) is 0. The average molecular weight is 197 g/mol. The fraction of sp³-hybridized carbons (Fsp3) is 0.909. The van der Waals surface area contributed by atoms with Crippen LogP contribution in [0.3, 0.4) is 0 Å². The summed E-state index contributed by atoms with van der Waals surface area (Å²) in [5.41, 5.74) is -0.468. The molecule has 2 N–H and O–H groups in total. The second kappa shape index (κ2) is 3.23. The highest BCUT2D eigenvalue weighted by Gasteiger charge is 2.48. The Bertz CT molecular complexity index is 240. The lowest BCUT2D eigenvalue weighted by Gasteiger charge is -2.25. The van der Waals surface area contributed by atoms with Crippen molar-refractivity contribution in [2.45, 2.75) is 38.6 Å². The van der Waals surface area contributed by atoms with Crippen LogP contribution in [0.4, 0.5) is 0 Å². The van der Waals surface area contributed by atoms with E-state index >= 15 is 0 Å². The molecule has 2 unspecified atom stereocenters. The number of aliphatic hydroxyl groups is 1. The molecule has 2 saturated carbocycles. The molecule has 2 aliphatic carbocycles. The zero-order valence-corrected chi connectivity index (χ0v) is 8.92. The minimum atomic E-state index is -0.468. The second-order valence-electron chi connectivity index (χ2n) is 5.46. The van der Waals surface area contributed by atoms with Gasteiger partial charge >= 0.3 is 0 Å². The first-order chi connectivity index (χ1) is 6.52. The zero-order valence-electron chi connectivity index (χ0n) is 8.92. The summed E-state index contributed by atoms with van der Waals surface area (Å²) < 4.78 is 0. The smallest absolute Gasteiger partial charge is 0.223 e. The lowest BCUT2D eigenvalue weighted by molar-refractivity contribution is -0.127. The second-order valence-corrected chi connectivity index (χ2v) is 5.46. The molecule has 0 spiro atoms. The van der Waals surface area contributed by atoms with Crippen LogP contribution in [0, 0.1) is 17.8 Å². The fourth-order valence-electron chi connectivity index (χ4n) is 2.40. The Morgan fingerprint density at radius 1 is 1.36 bits per heavy atom. The van der Waals surface area contributed by atoms with Gasteiger partial charge in [0, 0.05) is 5.92 Å². The van der Waals surface area contributed by atoms with Crippen LogP contribution in [0.2, 0.25) is 0 Å². The van der Waals surface area contributed by atoms with E-state index in [1.165, 1.54) is 6.42 Å². The summed E-state index contributed by atoms with van der Waals surface area (Å²) in [6, 6.07) is 0. The minimum Gasteiger partial charge on any atom is -0.394 e. The Morgan fingerprint density at radius 2 is 1.93 bits per heavy atom. The molecule has 0 aromatic heterocycles.